The Morgan fingerprint density at radius 1 is 1.32 bits per heavy atom. The van der Waals surface area contributed by atoms with Crippen LogP contribution in [0.4, 0.5) is 5.82 Å². The van der Waals surface area contributed by atoms with Crippen LogP contribution in [0.15, 0.2) is 36.4 Å². The van der Waals surface area contributed by atoms with Gasteiger partial charge in [-0.2, -0.15) is 0 Å². The number of benzene rings is 1. The van der Waals surface area contributed by atoms with Gasteiger partial charge in [0.25, 0.3) is 0 Å². The number of fused-ring (bicyclic) bond motifs is 2. The number of aromatic nitrogens is 1. The van der Waals surface area contributed by atoms with Crippen molar-refractivity contribution in [3.05, 3.63) is 58.1 Å². The number of thiophene rings is 1. The standard InChI is InChI=1S/C27H33N3O3S/c1-18-16-23-22(8-4-9-24(23)34-18)25(27(31)32)30-14-12-21(17-30)33-15-3-2-7-20-11-10-19-6-5-13-28-26(19)29-20/h4,8-11,16,21,25H,2-3,5-7,12-15,17H2,1H3,(H,28,29)(H,31,32)/t21-,25?/m1/s1. The summed E-state index contributed by atoms with van der Waals surface area (Å²) in [5.74, 6) is 0.274. The molecule has 7 heteroatoms. The second-order valence-electron chi connectivity index (χ2n) is 9.43. The first-order valence-electron chi connectivity index (χ1n) is 12.4. The van der Waals surface area contributed by atoms with Crippen molar-refractivity contribution >= 4 is 33.2 Å². The van der Waals surface area contributed by atoms with Crippen molar-refractivity contribution in [3.8, 4) is 0 Å². The maximum Gasteiger partial charge on any atom is 0.325 e. The van der Waals surface area contributed by atoms with Crippen LogP contribution in [0, 0.1) is 6.92 Å². The molecule has 0 radical (unpaired) electrons. The van der Waals surface area contributed by atoms with Gasteiger partial charge >= 0.3 is 5.97 Å². The van der Waals surface area contributed by atoms with Crippen LogP contribution in [0.25, 0.3) is 10.1 Å². The number of carboxylic acids is 1. The van der Waals surface area contributed by atoms with E-state index in [1.165, 1.54) is 16.9 Å². The number of nitrogens with zero attached hydrogens (tertiary/aromatic N) is 2. The van der Waals surface area contributed by atoms with E-state index in [1.54, 1.807) is 11.3 Å². The summed E-state index contributed by atoms with van der Waals surface area (Å²) in [6.07, 6.45) is 6.25. The molecular formula is C27H33N3O3S. The second-order valence-corrected chi connectivity index (χ2v) is 10.7. The lowest BCUT2D eigenvalue weighted by molar-refractivity contribution is -0.143. The first kappa shape index (κ1) is 23.3. The van der Waals surface area contributed by atoms with Crippen LogP contribution in [-0.4, -0.2) is 53.3 Å². The molecule has 2 atom stereocenters. The molecule has 0 amide bonds. The minimum Gasteiger partial charge on any atom is -0.480 e. The number of hydrogen-bond acceptors (Lipinski definition) is 6. The largest absolute Gasteiger partial charge is 0.480 e. The van der Waals surface area contributed by atoms with E-state index in [4.69, 9.17) is 9.72 Å². The summed E-state index contributed by atoms with van der Waals surface area (Å²) >= 11 is 1.72. The Bertz CT molecular complexity index is 1160. The highest BCUT2D eigenvalue weighted by molar-refractivity contribution is 7.19. The molecule has 5 rings (SSSR count). The highest BCUT2D eigenvalue weighted by Crippen LogP contribution is 2.35. The Hall–Kier alpha value is -2.48. The topological polar surface area (TPSA) is 74.7 Å². The van der Waals surface area contributed by atoms with Crippen LogP contribution in [-0.2, 0) is 22.4 Å². The molecule has 2 aliphatic heterocycles. The smallest absolute Gasteiger partial charge is 0.325 e. The maximum atomic E-state index is 12.3. The van der Waals surface area contributed by atoms with Crippen LogP contribution in [0.2, 0.25) is 0 Å². The highest BCUT2D eigenvalue weighted by atomic mass is 32.1. The molecule has 0 saturated carbocycles. The molecule has 3 aromatic rings. The van der Waals surface area contributed by atoms with Gasteiger partial charge in [-0.15, -0.1) is 11.3 Å². The van der Waals surface area contributed by atoms with Gasteiger partial charge in [-0.3, -0.25) is 9.69 Å². The molecule has 34 heavy (non-hydrogen) atoms. The van der Waals surface area contributed by atoms with E-state index in [2.05, 4.69) is 41.4 Å². The zero-order chi connectivity index (χ0) is 23.5. The number of ether oxygens (including phenoxy) is 1. The van der Waals surface area contributed by atoms with E-state index in [0.717, 1.165) is 72.4 Å². The number of likely N-dealkylation sites (tertiary alicyclic amines) is 1. The minimum atomic E-state index is -0.788. The van der Waals surface area contributed by atoms with E-state index in [-0.39, 0.29) is 6.10 Å². The predicted molar refractivity (Wildman–Crippen MR) is 137 cm³/mol. The van der Waals surface area contributed by atoms with Crippen LogP contribution in [0.3, 0.4) is 0 Å². The van der Waals surface area contributed by atoms with Gasteiger partial charge in [-0.25, -0.2) is 4.98 Å². The predicted octanol–water partition coefficient (Wildman–Crippen LogP) is 5.20. The second kappa shape index (κ2) is 10.4. The summed E-state index contributed by atoms with van der Waals surface area (Å²) in [7, 11) is 0. The third-order valence-corrected chi connectivity index (χ3v) is 7.94. The molecular weight excluding hydrogens is 446 g/mol. The number of anilines is 1. The number of rotatable bonds is 9. The van der Waals surface area contributed by atoms with Crippen LogP contribution >= 0.6 is 11.3 Å². The van der Waals surface area contributed by atoms with Gasteiger partial charge in [0, 0.05) is 41.5 Å². The quantitative estimate of drug-likeness (QED) is 0.411. The lowest BCUT2D eigenvalue weighted by Crippen LogP contribution is -2.33. The number of carbonyl (C=O) groups is 1. The zero-order valence-corrected chi connectivity index (χ0v) is 20.6. The van der Waals surface area contributed by atoms with Gasteiger partial charge in [0.2, 0.25) is 0 Å². The lowest BCUT2D eigenvalue weighted by atomic mass is 10.0. The van der Waals surface area contributed by atoms with E-state index in [1.807, 2.05) is 12.1 Å². The van der Waals surface area contributed by atoms with Crippen molar-refractivity contribution in [1.82, 2.24) is 9.88 Å². The molecule has 6 nitrogen and oxygen atoms in total. The Morgan fingerprint density at radius 2 is 2.24 bits per heavy atom. The van der Waals surface area contributed by atoms with Crippen molar-refractivity contribution in [2.24, 2.45) is 0 Å². The van der Waals surface area contributed by atoms with Gasteiger partial charge in [-0.05, 0) is 80.2 Å². The molecule has 1 unspecified atom stereocenters. The van der Waals surface area contributed by atoms with Gasteiger partial charge < -0.3 is 15.2 Å². The molecule has 2 N–H and O–H groups in total. The van der Waals surface area contributed by atoms with Crippen LogP contribution in [0.5, 0.6) is 0 Å². The Balaban J connectivity index is 1.11. The Labute approximate surface area is 205 Å². The Morgan fingerprint density at radius 3 is 3.12 bits per heavy atom. The van der Waals surface area contributed by atoms with Gasteiger partial charge in [-0.1, -0.05) is 18.2 Å². The number of aliphatic carboxylic acids is 1. The van der Waals surface area contributed by atoms with Crippen molar-refractivity contribution in [3.63, 3.8) is 0 Å². The molecule has 1 fully saturated rings. The Kier molecular flexibility index (Phi) is 7.13. The molecule has 0 bridgehead atoms. The summed E-state index contributed by atoms with van der Waals surface area (Å²) in [5, 5.41) is 14.5. The molecule has 2 aromatic heterocycles. The summed E-state index contributed by atoms with van der Waals surface area (Å²) in [6.45, 7) is 5.20. The molecule has 1 saturated heterocycles. The average Bonchev–Trinajstić information content (AvgIpc) is 3.45. The monoisotopic (exact) mass is 479 g/mol. The number of pyridine rings is 1. The molecule has 2 aliphatic rings. The number of unbranched alkanes of at least 4 members (excludes halogenated alkanes) is 1. The maximum absolute atomic E-state index is 12.3. The normalized spacial score (nSPS) is 19.1. The van der Waals surface area contributed by atoms with Crippen LogP contribution in [0.1, 0.15) is 53.4 Å². The highest BCUT2D eigenvalue weighted by Gasteiger charge is 2.35. The summed E-state index contributed by atoms with van der Waals surface area (Å²) in [5.41, 5.74) is 3.36. The fourth-order valence-corrected chi connectivity index (χ4v) is 6.18. The fraction of sp³-hybridized carbons (Fsp3) is 0.481. The van der Waals surface area contributed by atoms with Crippen molar-refractivity contribution in [1.29, 1.82) is 0 Å². The van der Waals surface area contributed by atoms with Gasteiger partial charge in [0.1, 0.15) is 11.9 Å². The third-order valence-electron chi connectivity index (χ3n) is 6.92. The molecule has 0 spiro atoms. The first-order chi connectivity index (χ1) is 16.6. The van der Waals surface area contributed by atoms with E-state index >= 15 is 0 Å². The molecule has 4 heterocycles. The third kappa shape index (κ3) is 5.11. The minimum absolute atomic E-state index is 0.0938. The number of hydrogen-bond donors (Lipinski definition) is 2. The lowest BCUT2D eigenvalue weighted by Gasteiger charge is -2.25. The fourth-order valence-electron chi connectivity index (χ4n) is 5.23. The van der Waals surface area contributed by atoms with E-state index in [0.29, 0.717) is 13.2 Å². The number of aryl methyl sites for hydroxylation is 3. The summed E-state index contributed by atoms with van der Waals surface area (Å²) < 4.78 is 7.30. The SMILES string of the molecule is Cc1cc2c(C(C(=O)O)N3CC[C@@H](OCCCCc4ccc5c(n4)NCCC5)C3)cccc2s1. The van der Waals surface area contributed by atoms with E-state index < -0.39 is 12.0 Å². The van der Waals surface area contributed by atoms with Crippen LogP contribution < -0.4 is 5.32 Å². The van der Waals surface area contributed by atoms with E-state index in [9.17, 15) is 9.90 Å². The summed E-state index contributed by atoms with van der Waals surface area (Å²) in [6, 6.07) is 11.9. The molecule has 180 valence electrons. The van der Waals surface area contributed by atoms with Gasteiger partial charge in [0.15, 0.2) is 0 Å². The van der Waals surface area contributed by atoms with Gasteiger partial charge in [0.05, 0.1) is 6.10 Å². The van der Waals surface area contributed by atoms with Crippen molar-refractivity contribution in [2.45, 2.75) is 57.6 Å². The molecule has 1 aromatic carbocycles. The average molecular weight is 480 g/mol. The number of nitrogens with one attached hydrogen (secondary N) is 1. The van der Waals surface area contributed by atoms with Crippen molar-refractivity contribution < 1.29 is 14.6 Å². The molecule has 0 aliphatic carbocycles. The zero-order valence-electron chi connectivity index (χ0n) is 19.8. The first-order valence-corrected chi connectivity index (χ1v) is 13.2. The number of carboxylic acid groups (broad SMARTS) is 1. The summed E-state index contributed by atoms with van der Waals surface area (Å²) in [4.78, 5) is 20.3. The van der Waals surface area contributed by atoms with Crippen molar-refractivity contribution in [2.75, 3.05) is 31.6 Å².